The van der Waals surface area contributed by atoms with Crippen molar-refractivity contribution in [1.29, 1.82) is 0 Å². The van der Waals surface area contributed by atoms with E-state index in [1.54, 1.807) is 0 Å². The zero-order chi connectivity index (χ0) is 13.9. The average Bonchev–Trinajstić information content (AvgIpc) is 2.83. The summed E-state index contributed by atoms with van der Waals surface area (Å²) in [5.41, 5.74) is 7.00. The highest BCUT2D eigenvalue weighted by Gasteiger charge is 2.17. The van der Waals surface area contributed by atoms with Crippen LogP contribution in [0.4, 0.5) is 5.69 Å². The highest BCUT2D eigenvalue weighted by Crippen LogP contribution is 2.37. The minimum atomic E-state index is 0.741. The maximum Gasteiger partial charge on any atom is 0.0343 e. The summed E-state index contributed by atoms with van der Waals surface area (Å²) in [6.45, 7) is 5.64. The van der Waals surface area contributed by atoms with E-state index in [9.17, 15) is 0 Å². The van der Waals surface area contributed by atoms with Crippen molar-refractivity contribution in [1.82, 2.24) is 0 Å². The van der Waals surface area contributed by atoms with Gasteiger partial charge in [-0.2, -0.15) is 0 Å². The third-order valence-electron chi connectivity index (χ3n) is 4.23. The second-order valence-corrected chi connectivity index (χ2v) is 5.98. The minimum absolute atomic E-state index is 0.741. The Labute approximate surface area is 122 Å². The predicted octanol–water partition coefficient (Wildman–Crippen LogP) is 5.11. The zero-order valence-corrected chi connectivity index (χ0v) is 12.4. The summed E-state index contributed by atoms with van der Waals surface area (Å²) in [6.07, 6.45) is 3.64. The van der Waals surface area contributed by atoms with Crippen molar-refractivity contribution >= 4 is 5.69 Å². The van der Waals surface area contributed by atoms with Gasteiger partial charge in [0.2, 0.25) is 0 Å². The van der Waals surface area contributed by atoms with Gasteiger partial charge < -0.3 is 5.32 Å². The predicted molar refractivity (Wildman–Crippen MR) is 87.2 cm³/mol. The van der Waals surface area contributed by atoms with Crippen molar-refractivity contribution in [3.05, 3.63) is 53.6 Å². The van der Waals surface area contributed by atoms with Gasteiger partial charge in [0.05, 0.1) is 0 Å². The van der Waals surface area contributed by atoms with Crippen LogP contribution in [0.2, 0.25) is 0 Å². The van der Waals surface area contributed by atoms with Crippen LogP contribution < -0.4 is 5.32 Å². The summed E-state index contributed by atoms with van der Waals surface area (Å²) in [7, 11) is 0. The number of anilines is 1. The second kappa shape index (κ2) is 5.70. The summed E-state index contributed by atoms with van der Waals surface area (Å²) < 4.78 is 0. The maximum atomic E-state index is 3.59. The van der Waals surface area contributed by atoms with E-state index in [4.69, 9.17) is 0 Å². The molecule has 0 bridgehead atoms. The van der Waals surface area contributed by atoms with Gasteiger partial charge in [-0.1, -0.05) is 50.6 Å². The molecule has 0 aliphatic heterocycles. The van der Waals surface area contributed by atoms with E-state index in [1.165, 1.54) is 40.8 Å². The fourth-order valence-electron chi connectivity index (χ4n) is 3.14. The fourth-order valence-corrected chi connectivity index (χ4v) is 3.14. The van der Waals surface area contributed by atoms with Gasteiger partial charge in [-0.25, -0.2) is 0 Å². The smallest absolute Gasteiger partial charge is 0.0343 e. The molecule has 0 fully saturated rings. The second-order valence-electron chi connectivity index (χ2n) is 5.98. The van der Waals surface area contributed by atoms with Crippen molar-refractivity contribution in [3.8, 4) is 11.1 Å². The molecule has 2 aromatic rings. The number of benzene rings is 2. The molecule has 3 rings (SSSR count). The van der Waals surface area contributed by atoms with Crippen LogP contribution in [0.5, 0.6) is 0 Å². The molecule has 0 aromatic heterocycles. The third-order valence-corrected chi connectivity index (χ3v) is 4.23. The third kappa shape index (κ3) is 2.58. The Morgan fingerprint density at radius 3 is 2.70 bits per heavy atom. The van der Waals surface area contributed by atoms with E-state index in [-0.39, 0.29) is 0 Å². The fraction of sp³-hybridized carbons (Fsp3) is 0.368. The molecule has 0 heterocycles. The number of fused-ring (bicyclic) bond motifs is 3. The van der Waals surface area contributed by atoms with Gasteiger partial charge >= 0.3 is 0 Å². The Kier molecular flexibility index (Phi) is 3.77. The average molecular weight is 265 g/mol. The molecular weight excluding hydrogens is 242 g/mol. The summed E-state index contributed by atoms with van der Waals surface area (Å²) >= 11 is 0. The first-order valence-electron chi connectivity index (χ1n) is 7.73. The molecule has 20 heavy (non-hydrogen) atoms. The molecule has 104 valence electrons. The van der Waals surface area contributed by atoms with Crippen molar-refractivity contribution in [2.24, 2.45) is 5.92 Å². The van der Waals surface area contributed by atoms with Crippen LogP contribution in [0.15, 0.2) is 42.5 Å². The molecule has 0 spiro atoms. The lowest BCUT2D eigenvalue weighted by Crippen LogP contribution is -2.11. The molecule has 0 amide bonds. The van der Waals surface area contributed by atoms with E-state index in [1.807, 2.05) is 0 Å². The van der Waals surface area contributed by atoms with Gasteiger partial charge in [0.1, 0.15) is 0 Å². The van der Waals surface area contributed by atoms with Crippen LogP contribution in [0.1, 0.15) is 37.8 Å². The molecule has 1 aliphatic rings. The number of hydrogen-bond acceptors (Lipinski definition) is 1. The highest BCUT2D eigenvalue weighted by molar-refractivity contribution is 5.78. The van der Waals surface area contributed by atoms with E-state index in [0.717, 1.165) is 18.9 Å². The van der Waals surface area contributed by atoms with Crippen LogP contribution >= 0.6 is 0 Å². The topological polar surface area (TPSA) is 12.0 Å². The molecule has 0 saturated carbocycles. The van der Waals surface area contributed by atoms with Gasteiger partial charge in [-0.3, -0.25) is 0 Å². The minimum Gasteiger partial charge on any atom is -0.385 e. The zero-order valence-electron chi connectivity index (χ0n) is 12.4. The summed E-state index contributed by atoms with van der Waals surface area (Å²) in [5.74, 6) is 0.741. The maximum absolute atomic E-state index is 3.59. The normalized spacial score (nSPS) is 13.7. The SMILES string of the molecule is CCCC(C)CNc1ccc2c(c1)Cc1ccccc1-2. The van der Waals surface area contributed by atoms with Crippen LogP contribution in [0.3, 0.4) is 0 Å². The van der Waals surface area contributed by atoms with Crippen LogP contribution in [0.25, 0.3) is 11.1 Å². The van der Waals surface area contributed by atoms with Crippen molar-refractivity contribution in [2.75, 3.05) is 11.9 Å². The molecule has 1 nitrogen and oxygen atoms in total. The van der Waals surface area contributed by atoms with E-state index in [2.05, 4.69) is 61.6 Å². The summed E-state index contributed by atoms with van der Waals surface area (Å²) in [4.78, 5) is 0. The van der Waals surface area contributed by atoms with Crippen molar-refractivity contribution in [3.63, 3.8) is 0 Å². The Morgan fingerprint density at radius 1 is 1.05 bits per heavy atom. The monoisotopic (exact) mass is 265 g/mol. The lowest BCUT2D eigenvalue weighted by Gasteiger charge is -2.13. The molecule has 1 atom stereocenters. The van der Waals surface area contributed by atoms with Crippen molar-refractivity contribution < 1.29 is 0 Å². The lowest BCUT2D eigenvalue weighted by molar-refractivity contribution is 0.551. The molecule has 0 saturated heterocycles. The standard InChI is InChI=1S/C19H23N/c1-3-6-14(2)13-20-17-9-10-19-16(12-17)11-15-7-4-5-8-18(15)19/h4-5,7-10,12,14,20H,3,6,11,13H2,1-2H3. The largest absolute Gasteiger partial charge is 0.385 e. The quantitative estimate of drug-likeness (QED) is 0.676. The Morgan fingerprint density at radius 2 is 1.85 bits per heavy atom. The molecule has 1 heteroatoms. The van der Waals surface area contributed by atoms with Crippen LogP contribution in [-0.4, -0.2) is 6.54 Å². The van der Waals surface area contributed by atoms with E-state index >= 15 is 0 Å². The first kappa shape index (κ1) is 13.2. The van der Waals surface area contributed by atoms with Gasteiger partial charge in [-0.15, -0.1) is 0 Å². The number of hydrogen-bond donors (Lipinski definition) is 1. The molecule has 2 aromatic carbocycles. The first-order chi connectivity index (χ1) is 9.78. The van der Waals surface area contributed by atoms with Gasteiger partial charge in [-0.05, 0) is 53.1 Å². The van der Waals surface area contributed by atoms with E-state index < -0.39 is 0 Å². The summed E-state index contributed by atoms with van der Waals surface area (Å²) in [5, 5.41) is 3.59. The molecular formula is C19H23N. The molecule has 1 aliphatic carbocycles. The Balaban J connectivity index is 1.74. The molecule has 0 radical (unpaired) electrons. The lowest BCUT2D eigenvalue weighted by atomic mass is 10.0. The Bertz CT molecular complexity index is 600. The van der Waals surface area contributed by atoms with Crippen molar-refractivity contribution in [2.45, 2.75) is 33.1 Å². The number of rotatable bonds is 5. The summed E-state index contributed by atoms with van der Waals surface area (Å²) in [6, 6.07) is 15.6. The first-order valence-corrected chi connectivity index (χ1v) is 7.73. The van der Waals surface area contributed by atoms with Gasteiger partial charge in [0.15, 0.2) is 0 Å². The van der Waals surface area contributed by atoms with Gasteiger partial charge in [0.25, 0.3) is 0 Å². The molecule has 1 unspecified atom stereocenters. The van der Waals surface area contributed by atoms with Crippen LogP contribution in [-0.2, 0) is 6.42 Å². The van der Waals surface area contributed by atoms with Crippen LogP contribution in [0, 0.1) is 5.92 Å². The van der Waals surface area contributed by atoms with Gasteiger partial charge in [0, 0.05) is 12.2 Å². The van der Waals surface area contributed by atoms with E-state index in [0.29, 0.717) is 0 Å². The number of nitrogens with one attached hydrogen (secondary N) is 1. The molecule has 1 N–H and O–H groups in total. The highest BCUT2D eigenvalue weighted by atomic mass is 14.9. The Hall–Kier alpha value is -1.76.